The van der Waals surface area contributed by atoms with E-state index in [-0.39, 0.29) is 17.9 Å². The van der Waals surface area contributed by atoms with Crippen molar-refractivity contribution in [2.45, 2.75) is 39.2 Å². The second-order valence-corrected chi connectivity index (χ2v) is 4.44. The molecule has 2 N–H and O–H groups in total. The van der Waals surface area contributed by atoms with E-state index in [2.05, 4.69) is 0 Å². The summed E-state index contributed by atoms with van der Waals surface area (Å²) in [5.74, 6) is 0.0197. The third-order valence-electron chi connectivity index (χ3n) is 2.81. The van der Waals surface area contributed by atoms with Gasteiger partial charge in [0.15, 0.2) is 0 Å². The lowest BCUT2D eigenvalue weighted by atomic mass is 10.0. The third-order valence-corrected chi connectivity index (χ3v) is 2.81. The minimum absolute atomic E-state index is 0.0993. The van der Waals surface area contributed by atoms with Crippen molar-refractivity contribution in [3.05, 3.63) is 0 Å². The Bertz CT molecular complexity index is 245. The number of amides is 1. The zero-order valence-corrected chi connectivity index (χ0v) is 9.49. The van der Waals surface area contributed by atoms with Crippen LogP contribution in [0.4, 0.5) is 0 Å². The molecule has 1 rings (SSSR count). The Morgan fingerprint density at radius 2 is 2.07 bits per heavy atom. The minimum Gasteiger partial charge on any atom is -0.393 e. The van der Waals surface area contributed by atoms with Gasteiger partial charge in [0.05, 0.1) is 6.10 Å². The number of likely N-dealkylation sites (tertiary alicyclic amines) is 1. The maximum Gasteiger partial charge on any atom is 0.225 e. The summed E-state index contributed by atoms with van der Waals surface area (Å²) in [5, 5.41) is 16.7. The lowest BCUT2D eigenvalue weighted by Gasteiger charge is -2.31. The van der Waals surface area contributed by atoms with E-state index in [9.17, 15) is 9.90 Å². The number of nitrogens with one attached hydrogen (secondary N) is 1. The number of piperidine rings is 1. The van der Waals surface area contributed by atoms with E-state index in [0.29, 0.717) is 38.1 Å². The molecule has 4 nitrogen and oxygen atoms in total. The van der Waals surface area contributed by atoms with Gasteiger partial charge in [-0.2, -0.15) is 0 Å². The van der Waals surface area contributed by atoms with Gasteiger partial charge in [-0.3, -0.25) is 4.79 Å². The summed E-state index contributed by atoms with van der Waals surface area (Å²) in [5.41, 5.74) is 0.549. The van der Waals surface area contributed by atoms with Crippen molar-refractivity contribution in [3.63, 3.8) is 0 Å². The smallest absolute Gasteiger partial charge is 0.225 e. The molecule has 4 heteroatoms. The summed E-state index contributed by atoms with van der Waals surface area (Å²) in [6.45, 7) is 4.90. The first-order chi connectivity index (χ1) is 7.00. The number of carbonyl (C=O) groups is 1. The standard InChI is InChI=1S/C11H20N2O2/c1-8(7-9(2)12)11(15)13-5-3-10(14)4-6-13/h8,10,12,14H,3-7H2,1-2H3. The summed E-state index contributed by atoms with van der Waals surface area (Å²) < 4.78 is 0. The lowest BCUT2D eigenvalue weighted by Crippen LogP contribution is -2.42. The molecule has 0 radical (unpaired) electrons. The van der Waals surface area contributed by atoms with Gasteiger partial charge in [-0.15, -0.1) is 0 Å². The molecule has 0 aromatic heterocycles. The van der Waals surface area contributed by atoms with Crippen LogP contribution in [0.25, 0.3) is 0 Å². The predicted octanol–water partition coefficient (Wildman–Crippen LogP) is 1.04. The molecule has 1 amide bonds. The summed E-state index contributed by atoms with van der Waals surface area (Å²) in [4.78, 5) is 13.7. The van der Waals surface area contributed by atoms with Gasteiger partial charge in [0, 0.05) is 24.7 Å². The van der Waals surface area contributed by atoms with Gasteiger partial charge in [-0.05, 0) is 26.2 Å². The summed E-state index contributed by atoms with van der Waals surface area (Å²) in [7, 11) is 0. The second kappa shape index (κ2) is 5.26. The van der Waals surface area contributed by atoms with E-state index in [4.69, 9.17) is 5.41 Å². The zero-order valence-electron chi connectivity index (χ0n) is 9.49. The molecule has 1 aliphatic rings. The van der Waals surface area contributed by atoms with Crippen molar-refractivity contribution in [2.75, 3.05) is 13.1 Å². The molecule has 1 atom stereocenters. The average Bonchev–Trinajstić information content (AvgIpc) is 2.17. The van der Waals surface area contributed by atoms with E-state index < -0.39 is 0 Å². The molecular formula is C11H20N2O2. The quantitative estimate of drug-likeness (QED) is 0.686. The van der Waals surface area contributed by atoms with Crippen LogP contribution in [-0.4, -0.2) is 40.8 Å². The van der Waals surface area contributed by atoms with Crippen molar-refractivity contribution < 1.29 is 9.90 Å². The first-order valence-corrected chi connectivity index (χ1v) is 5.51. The van der Waals surface area contributed by atoms with Crippen molar-refractivity contribution in [1.82, 2.24) is 4.90 Å². The molecule has 1 unspecified atom stereocenters. The fourth-order valence-corrected chi connectivity index (χ4v) is 1.94. The van der Waals surface area contributed by atoms with Crippen LogP contribution in [0.15, 0.2) is 0 Å². The molecule has 0 aromatic carbocycles. The molecule has 1 saturated heterocycles. The van der Waals surface area contributed by atoms with E-state index >= 15 is 0 Å². The molecule has 0 spiro atoms. The van der Waals surface area contributed by atoms with Gasteiger partial charge >= 0.3 is 0 Å². The van der Waals surface area contributed by atoms with Crippen LogP contribution in [0.1, 0.15) is 33.1 Å². The Morgan fingerprint density at radius 1 is 1.53 bits per heavy atom. The Morgan fingerprint density at radius 3 is 2.53 bits per heavy atom. The summed E-state index contributed by atoms with van der Waals surface area (Å²) in [6.07, 6.45) is 1.66. The van der Waals surface area contributed by atoms with Crippen molar-refractivity contribution in [1.29, 1.82) is 5.41 Å². The maximum atomic E-state index is 11.9. The van der Waals surface area contributed by atoms with Gasteiger partial charge in [0.2, 0.25) is 5.91 Å². The Labute approximate surface area is 90.8 Å². The van der Waals surface area contributed by atoms with Gasteiger partial charge in [-0.1, -0.05) is 6.92 Å². The van der Waals surface area contributed by atoms with E-state index in [1.54, 1.807) is 11.8 Å². The largest absolute Gasteiger partial charge is 0.393 e. The molecule has 86 valence electrons. The van der Waals surface area contributed by atoms with E-state index in [0.717, 1.165) is 0 Å². The number of rotatable bonds is 3. The van der Waals surface area contributed by atoms with Crippen LogP contribution in [0.5, 0.6) is 0 Å². The number of carbonyl (C=O) groups excluding carboxylic acids is 1. The number of nitrogens with zero attached hydrogens (tertiary/aromatic N) is 1. The van der Waals surface area contributed by atoms with E-state index in [1.807, 2.05) is 6.92 Å². The van der Waals surface area contributed by atoms with Crippen LogP contribution in [0, 0.1) is 11.3 Å². The molecule has 15 heavy (non-hydrogen) atoms. The first kappa shape index (κ1) is 12.2. The summed E-state index contributed by atoms with van der Waals surface area (Å²) >= 11 is 0. The van der Waals surface area contributed by atoms with Crippen LogP contribution in [0.2, 0.25) is 0 Å². The SMILES string of the molecule is CC(=N)CC(C)C(=O)N1CCC(O)CC1. The molecular weight excluding hydrogens is 192 g/mol. The second-order valence-electron chi connectivity index (χ2n) is 4.44. The highest BCUT2D eigenvalue weighted by atomic mass is 16.3. The van der Waals surface area contributed by atoms with Gasteiger partial charge < -0.3 is 15.4 Å². The number of hydrogen-bond acceptors (Lipinski definition) is 3. The van der Waals surface area contributed by atoms with Crippen LogP contribution >= 0.6 is 0 Å². The molecule has 1 aliphatic heterocycles. The molecule has 0 saturated carbocycles. The van der Waals surface area contributed by atoms with Gasteiger partial charge in [-0.25, -0.2) is 0 Å². The van der Waals surface area contributed by atoms with Gasteiger partial charge in [0.25, 0.3) is 0 Å². The molecule has 1 fully saturated rings. The normalized spacial score (nSPS) is 20.1. The zero-order chi connectivity index (χ0) is 11.4. The number of aliphatic hydroxyl groups excluding tert-OH is 1. The fraction of sp³-hybridized carbons (Fsp3) is 0.818. The molecule has 0 bridgehead atoms. The van der Waals surface area contributed by atoms with Crippen molar-refractivity contribution in [2.24, 2.45) is 5.92 Å². The van der Waals surface area contributed by atoms with Crippen LogP contribution < -0.4 is 0 Å². The van der Waals surface area contributed by atoms with E-state index in [1.165, 1.54) is 0 Å². The molecule has 0 aliphatic carbocycles. The molecule has 0 aromatic rings. The topological polar surface area (TPSA) is 64.4 Å². The molecule has 1 heterocycles. The maximum absolute atomic E-state index is 11.9. The van der Waals surface area contributed by atoms with Crippen molar-refractivity contribution in [3.8, 4) is 0 Å². The highest BCUT2D eigenvalue weighted by Crippen LogP contribution is 2.15. The van der Waals surface area contributed by atoms with Gasteiger partial charge in [0.1, 0.15) is 0 Å². The van der Waals surface area contributed by atoms with Crippen LogP contribution in [-0.2, 0) is 4.79 Å². The van der Waals surface area contributed by atoms with Crippen LogP contribution in [0.3, 0.4) is 0 Å². The Balaban J connectivity index is 2.42. The number of aliphatic hydroxyl groups is 1. The predicted molar refractivity (Wildman–Crippen MR) is 59.0 cm³/mol. The number of hydrogen-bond donors (Lipinski definition) is 2. The monoisotopic (exact) mass is 212 g/mol. The van der Waals surface area contributed by atoms with Crippen molar-refractivity contribution >= 4 is 11.6 Å². The highest BCUT2D eigenvalue weighted by molar-refractivity contribution is 5.86. The Hall–Kier alpha value is -0.900. The Kier molecular flexibility index (Phi) is 4.27. The third kappa shape index (κ3) is 3.63. The highest BCUT2D eigenvalue weighted by Gasteiger charge is 2.24. The lowest BCUT2D eigenvalue weighted by molar-refractivity contribution is -0.136. The first-order valence-electron chi connectivity index (χ1n) is 5.51. The fourth-order valence-electron chi connectivity index (χ4n) is 1.94. The average molecular weight is 212 g/mol. The minimum atomic E-state index is -0.242. The summed E-state index contributed by atoms with van der Waals surface area (Å²) in [6, 6.07) is 0.